The van der Waals surface area contributed by atoms with E-state index in [2.05, 4.69) is 21.3 Å². The van der Waals surface area contributed by atoms with Crippen molar-refractivity contribution in [1.29, 1.82) is 0 Å². The van der Waals surface area contributed by atoms with Gasteiger partial charge in [0.25, 0.3) is 0 Å². The molecule has 4 aliphatic heterocycles. The van der Waals surface area contributed by atoms with Gasteiger partial charge in [-0.2, -0.15) is 0 Å². The minimum Gasteiger partial charge on any atom is -0.356 e. The molecule has 4 rings (SSSR count). The van der Waals surface area contributed by atoms with Crippen LogP contribution >= 0.6 is 0 Å². The lowest BCUT2D eigenvalue weighted by molar-refractivity contribution is -0.122. The predicted molar refractivity (Wildman–Crippen MR) is 117 cm³/mol. The number of rotatable bonds is 0. The summed E-state index contributed by atoms with van der Waals surface area (Å²) in [5.74, 6) is 0.874. The standard InChI is InChI=1S/C7H13NO.C6H11NO.C5H9NO.C4H7NO/c9-7-5-3-1-2-4-6-8-7;8-6-4-2-1-3-5-7-6;7-5-3-1-2-4-6-5;6-4-2-1-3-5-4/h1-6H2,(H,8,9);1-5H2,(H,7,8);1-4H2,(H,6,7);1-3H2,(H,5,6). The third kappa shape index (κ3) is 15.8. The van der Waals surface area contributed by atoms with Crippen LogP contribution < -0.4 is 21.3 Å². The van der Waals surface area contributed by atoms with Gasteiger partial charge in [-0.05, 0) is 44.9 Å². The third-order valence-electron chi connectivity index (χ3n) is 5.11. The van der Waals surface area contributed by atoms with Crippen molar-refractivity contribution < 1.29 is 19.2 Å². The smallest absolute Gasteiger partial charge is 0.220 e. The molecule has 0 saturated carbocycles. The summed E-state index contributed by atoms with van der Waals surface area (Å²) in [5, 5.41) is 11.1. The molecule has 0 unspecified atom stereocenters. The van der Waals surface area contributed by atoms with Crippen molar-refractivity contribution in [3.05, 3.63) is 0 Å². The van der Waals surface area contributed by atoms with Crippen LogP contribution in [-0.4, -0.2) is 49.8 Å². The van der Waals surface area contributed by atoms with Gasteiger partial charge in [0.2, 0.25) is 23.6 Å². The van der Waals surface area contributed by atoms with E-state index in [0.29, 0.717) is 0 Å². The van der Waals surface area contributed by atoms with Crippen molar-refractivity contribution in [3.8, 4) is 0 Å². The molecule has 30 heavy (non-hydrogen) atoms. The highest BCUT2D eigenvalue weighted by atomic mass is 16.2. The Morgan fingerprint density at radius 3 is 0.967 bits per heavy atom. The Hall–Kier alpha value is -2.12. The third-order valence-corrected chi connectivity index (χ3v) is 5.11. The summed E-state index contributed by atoms with van der Waals surface area (Å²) in [6.45, 7) is 3.55. The van der Waals surface area contributed by atoms with E-state index in [1.807, 2.05) is 0 Å². The maximum atomic E-state index is 10.7. The fourth-order valence-corrected chi connectivity index (χ4v) is 3.28. The van der Waals surface area contributed by atoms with Crippen molar-refractivity contribution in [2.24, 2.45) is 0 Å². The van der Waals surface area contributed by atoms with Crippen LogP contribution in [0.4, 0.5) is 0 Å². The summed E-state index contributed by atoms with van der Waals surface area (Å²) >= 11 is 0. The molecule has 0 aliphatic carbocycles. The summed E-state index contributed by atoms with van der Waals surface area (Å²) in [5.41, 5.74) is 0. The number of carbonyl (C=O) groups is 4. The van der Waals surface area contributed by atoms with Crippen molar-refractivity contribution in [2.75, 3.05) is 26.2 Å². The van der Waals surface area contributed by atoms with Crippen LogP contribution in [0.1, 0.15) is 89.9 Å². The molecular weight excluding hydrogens is 384 g/mol. The van der Waals surface area contributed by atoms with Crippen LogP contribution in [0.5, 0.6) is 0 Å². The molecule has 8 heteroatoms. The van der Waals surface area contributed by atoms with Crippen molar-refractivity contribution in [1.82, 2.24) is 21.3 Å². The van der Waals surface area contributed by atoms with E-state index in [4.69, 9.17) is 0 Å². The molecule has 4 saturated heterocycles. The molecule has 0 aromatic heterocycles. The van der Waals surface area contributed by atoms with E-state index in [1.54, 1.807) is 0 Å². The lowest BCUT2D eigenvalue weighted by atomic mass is 10.1. The van der Waals surface area contributed by atoms with Crippen LogP contribution in [0.25, 0.3) is 0 Å². The van der Waals surface area contributed by atoms with E-state index in [-0.39, 0.29) is 23.6 Å². The van der Waals surface area contributed by atoms with Gasteiger partial charge < -0.3 is 21.3 Å². The lowest BCUT2D eigenvalue weighted by Crippen LogP contribution is -2.28. The molecule has 0 aromatic rings. The van der Waals surface area contributed by atoms with Crippen molar-refractivity contribution in [3.63, 3.8) is 0 Å². The fourth-order valence-electron chi connectivity index (χ4n) is 3.28. The predicted octanol–water partition coefficient (Wildman–Crippen LogP) is 1.93. The molecule has 0 spiro atoms. The Morgan fingerprint density at radius 1 is 0.333 bits per heavy atom. The maximum absolute atomic E-state index is 10.7. The lowest BCUT2D eigenvalue weighted by Gasteiger charge is -2.08. The van der Waals surface area contributed by atoms with Gasteiger partial charge in [0.1, 0.15) is 0 Å². The first-order chi connectivity index (χ1) is 14.6. The average molecular weight is 425 g/mol. The van der Waals surface area contributed by atoms with Crippen LogP contribution in [0.2, 0.25) is 0 Å². The summed E-state index contributed by atoms with van der Waals surface area (Å²) in [6.07, 6.45) is 14.4. The Balaban J connectivity index is 0.000000202. The molecule has 8 nitrogen and oxygen atoms in total. The number of hydrogen-bond acceptors (Lipinski definition) is 4. The second kappa shape index (κ2) is 17.7. The van der Waals surface area contributed by atoms with E-state index < -0.39 is 0 Å². The number of amides is 4. The number of hydrogen-bond donors (Lipinski definition) is 4. The summed E-state index contributed by atoms with van der Waals surface area (Å²) in [4.78, 5) is 41.8. The monoisotopic (exact) mass is 424 g/mol. The second-order valence-corrected chi connectivity index (χ2v) is 7.94. The first-order valence-corrected chi connectivity index (χ1v) is 11.6. The summed E-state index contributed by atoms with van der Waals surface area (Å²) in [6, 6.07) is 0. The van der Waals surface area contributed by atoms with Gasteiger partial charge in [0.15, 0.2) is 0 Å². The van der Waals surface area contributed by atoms with Gasteiger partial charge in [-0.1, -0.05) is 19.3 Å². The molecule has 4 heterocycles. The molecule has 0 radical (unpaired) electrons. The van der Waals surface area contributed by atoms with Gasteiger partial charge in [-0.15, -0.1) is 0 Å². The zero-order valence-electron chi connectivity index (χ0n) is 18.4. The molecule has 0 atom stereocenters. The quantitative estimate of drug-likeness (QED) is 0.475. The molecule has 0 bridgehead atoms. The Morgan fingerprint density at radius 2 is 0.600 bits per heavy atom. The van der Waals surface area contributed by atoms with Crippen LogP contribution in [0.15, 0.2) is 0 Å². The molecule has 4 N–H and O–H groups in total. The highest BCUT2D eigenvalue weighted by Crippen LogP contribution is 2.05. The van der Waals surface area contributed by atoms with E-state index in [0.717, 1.165) is 96.8 Å². The van der Waals surface area contributed by atoms with Crippen molar-refractivity contribution in [2.45, 2.75) is 89.9 Å². The molecule has 0 aromatic carbocycles. The highest BCUT2D eigenvalue weighted by Gasteiger charge is 2.06. The van der Waals surface area contributed by atoms with E-state index in [1.165, 1.54) is 19.3 Å². The summed E-state index contributed by atoms with van der Waals surface area (Å²) < 4.78 is 0. The van der Waals surface area contributed by atoms with E-state index >= 15 is 0 Å². The van der Waals surface area contributed by atoms with Gasteiger partial charge in [0.05, 0.1) is 0 Å². The molecule has 4 fully saturated rings. The number of piperidine rings is 1. The number of carbonyl (C=O) groups excluding carboxylic acids is 4. The minimum atomic E-state index is 0.204. The van der Waals surface area contributed by atoms with Crippen LogP contribution in [0.3, 0.4) is 0 Å². The fraction of sp³-hybridized carbons (Fsp3) is 0.818. The van der Waals surface area contributed by atoms with Crippen molar-refractivity contribution >= 4 is 23.6 Å². The van der Waals surface area contributed by atoms with Crippen LogP contribution in [-0.2, 0) is 19.2 Å². The van der Waals surface area contributed by atoms with Gasteiger partial charge >= 0.3 is 0 Å². The zero-order valence-corrected chi connectivity index (χ0v) is 18.4. The van der Waals surface area contributed by atoms with Gasteiger partial charge in [0, 0.05) is 51.9 Å². The second-order valence-electron chi connectivity index (χ2n) is 7.94. The average Bonchev–Trinajstić information content (AvgIpc) is 3.08. The molecule has 172 valence electrons. The van der Waals surface area contributed by atoms with E-state index in [9.17, 15) is 19.2 Å². The Kier molecular flexibility index (Phi) is 15.3. The first-order valence-electron chi connectivity index (χ1n) is 11.6. The molecular formula is C22H40N4O4. The zero-order chi connectivity index (χ0) is 21.9. The van der Waals surface area contributed by atoms with Gasteiger partial charge in [-0.3, -0.25) is 19.2 Å². The maximum Gasteiger partial charge on any atom is 0.220 e. The number of nitrogens with one attached hydrogen (secondary N) is 4. The highest BCUT2D eigenvalue weighted by molar-refractivity contribution is 5.77. The molecule has 4 amide bonds. The normalized spacial score (nSPS) is 21.6. The molecule has 4 aliphatic rings. The SMILES string of the molecule is O=C1CCCCCCN1.O=C1CCCCCN1.O=C1CCCCN1.O=C1CCCN1. The van der Waals surface area contributed by atoms with Gasteiger partial charge in [-0.25, -0.2) is 0 Å². The van der Waals surface area contributed by atoms with Crippen LogP contribution in [0, 0.1) is 0 Å². The first kappa shape index (κ1) is 25.9. The summed E-state index contributed by atoms with van der Waals surface area (Å²) in [7, 11) is 0. The Labute approximate surface area is 180 Å². The largest absolute Gasteiger partial charge is 0.356 e. The Bertz CT molecular complexity index is 489. The topological polar surface area (TPSA) is 116 Å². The minimum absolute atomic E-state index is 0.204.